The molecule has 0 aliphatic carbocycles. The van der Waals surface area contributed by atoms with Crippen LogP contribution in [-0.4, -0.2) is 54.1 Å². The first-order valence-electron chi connectivity index (χ1n) is 5.38. The van der Waals surface area contributed by atoms with Gasteiger partial charge in [-0.3, -0.25) is 4.79 Å². The Bertz CT molecular complexity index is 458. The van der Waals surface area contributed by atoms with Crippen molar-refractivity contribution >= 4 is 28.3 Å². The lowest BCUT2D eigenvalue weighted by atomic mass is 10.2. The third kappa shape index (κ3) is 3.36. The molecule has 1 aromatic heterocycles. The van der Waals surface area contributed by atoms with Gasteiger partial charge in [-0.2, -0.15) is 0 Å². The summed E-state index contributed by atoms with van der Waals surface area (Å²) in [4.78, 5) is 25.9. The van der Waals surface area contributed by atoms with Crippen molar-refractivity contribution in [2.75, 3.05) is 32.9 Å². The zero-order chi connectivity index (χ0) is 13.9. The van der Waals surface area contributed by atoms with Crippen LogP contribution >= 0.6 is 11.3 Å². The van der Waals surface area contributed by atoms with Crippen LogP contribution in [0.3, 0.4) is 0 Å². The highest BCUT2D eigenvalue weighted by molar-refractivity contribution is 7.17. The van der Waals surface area contributed by atoms with Crippen molar-refractivity contribution in [1.29, 1.82) is 0 Å². The highest BCUT2D eigenvalue weighted by Crippen LogP contribution is 2.24. The number of carbonyl (C=O) groups is 2. The molecule has 2 amide bonds. The van der Waals surface area contributed by atoms with E-state index in [1.165, 1.54) is 23.3 Å². The quantitative estimate of drug-likeness (QED) is 0.864. The van der Waals surface area contributed by atoms with Crippen molar-refractivity contribution in [3.05, 3.63) is 16.5 Å². The van der Waals surface area contributed by atoms with Crippen molar-refractivity contribution in [2.45, 2.75) is 6.92 Å². The summed E-state index contributed by atoms with van der Waals surface area (Å²) in [5.41, 5.74) is 6.49. The largest absolute Gasteiger partial charge is 0.465 e. The number of anilines is 1. The average molecular weight is 271 g/mol. The maximum atomic E-state index is 12.1. The molecule has 3 N–H and O–H groups in total. The molecule has 0 radical (unpaired) electrons. The third-order valence-electron chi connectivity index (χ3n) is 2.58. The molecule has 1 aromatic rings. The first-order chi connectivity index (χ1) is 8.32. The van der Waals surface area contributed by atoms with Crippen molar-refractivity contribution in [3.63, 3.8) is 0 Å². The Morgan fingerprint density at radius 3 is 2.33 bits per heavy atom. The van der Waals surface area contributed by atoms with E-state index in [1.54, 1.807) is 13.1 Å². The Morgan fingerprint density at radius 2 is 1.89 bits per heavy atom. The molecule has 0 aliphatic rings. The lowest BCUT2D eigenvalue weighted by Gasteiger charge is -2.20. The number of rotatable bonds is 4. The monoisotopic (exact) mass is 271 g/mol. The Labute approximate surface area is 110 Å². The number of aryl methyl sites for hydroxylation is 1. The Kier molecular flexibility index (Phi) is 4.55. The molecule has 0 saturated heterocycles. The van der Waals surface area contributed by atoms with Crippen LogP contribution in [0, 0.1) is 6.92 Å². The van der Waals surface area contributed by atoms with E-state index in [0.717, 1.165) is 10.5 Å². The highest BCUT2D eigenvalue weighted by atomic mass is 32.1. The van der Waals surface area contributed by atoms with Gasteiger partial charge in [-0.05, 0) is 18.6 Å². The summed E-state index contributed by atoms with van der Waals surface area (Å²) in [6.07, 6.45) is -1.01. The molecule has 0 fully saturated rings. The van der Waals surface area contributed by atoms with E-state index < -0.39 is 6.09 Å². The molecule has 18 heavy (non-hydrogen) atoms. The summed E-state index contributed by atoms with van der Waals surface area (Å²) in [6, 6.07) is 1.76. The van der Waals surface area contributed by atoms with E-state index in [4.69, 9.17) is 10.8 Å². The molecule has 1 heterocycles. The van der Waals surface area contributed by atoms with Gasteiger partial charge in [-0.1, -0.05) is 0 Å². The van der Waals surface area contributed by atoms with Gasteiger partial charge in [-0.15, -0.1) is 11.3 Å². The molecule has 100 valence electrons. The SMILES string of the molecule is Cc1cc(N)sc1C(=O)N(C)CCN(C)C(=O)O. The maximum absolute atomic E-state index is 12.1. The fraction of sp³-hybridized carbons (Fsp3) is 0.455. The number of hydrogen-bond acceptors (Lipinski definition) is 4. The summed E-state index contributed by atoms with van der Waals surface area (Å²) < 4.78 is 0. The minimum Gasteiger partial charge on any atom is -0.465 e. The first kappa shape index (κ1) is 14.3. The zero-order valence-electron chi connectivity index (χ0n) is 10.6. The number of amides is 2. The molecule has 0 aliphatic heterocycles. The summed E-state index contributed by atoms with van der Waals surface area (Å²) in [5.74, 6) is -0.131. The minimum absolute atomic E-state index is 0.131. The summed E-state index contributed by atoms with van der Waals surface area (Å²) in [6.45, 7) is 2.45. The van der Waals surface area contributed by atoms with Gasteiger partial charge in [0, 0.05) is 27.2 Å². The third-order valence-corrected chi connectivity index (χ3v) is 3.63. The molecule has 0 spiro atoms. The molecule has 0 saturated carbocycles. The van der Waals surface area contributed by atoms with Crippen LogP contribution in [0.5, 0.6) is 0 Å². The predicted molar refractivity (Wildman–Crippen MR) is 71.1 cm³/mol. The van der Waals surface area contributed by atoms with E-state index in [0.29, 0.717) is 16.4 Å². The molecular weight excluding hydrogens is 254 g/mol. The van der Waals surface area contributed by atoms with Crippen molar-refractivity contribution in [3.8, 4) is 0 Å². The minimum atomic E-state index is -1.01. The number of carbonyl (C=O) groups excluding carboxylic acids is 1. The normalized spacial score (nSPS) is 10.2. The van der Waals surface area contributed by atoms with Crippen LogP contribution in [0.15, 0.2) is 6.07 Å². The lowest BCUT2D eigenvalue weighted by molar-refractivity contribution is 0.0782. The van der Waals surface area contributed by atoms with E-state index in [1.807, 2.05) is 6.92 Å². The topological polar surface area (TPSA) is 86.9 Å². The number of thiophene rings is 1. The molecule has 0 aromatic carbocycles. The zero-order valence-corrected chi connectivity index (χ0v) is 11.5. The standard InChI is InChI=1S/C11H17N3O3S/c1-7-6-8(12)18-9(7)10(15)13(2)4-5-14(3)11(16)17/h6H,4-5,12H2,1-3H3,(H,16,17). The second-order valence-electron chi connectivity index (χ2n) is 4.09. The number of likely N-dealkylation sites (N-methyl/N-ethyl adjacent to an activating group) is 2. The van der Waals surface area contributed by atoms with Gasteiger partial charge in [0.15, 0.2) is 0 Å². The van der Waals surface area contributed by atoms with E-state index >= 15 is 0 Å². The van der Waals surface area contributed by atoms with Gasteiger partial charge in [0.25, 0.3) is 5.91 Å². The summed E-state index contributed by atoms with van der Waals surface area (Å²) in [7, 11) is 3.11. The molecule has 1 rings (SSSR count). The number of carboxylic acid groups (broad SMARTS) is 1. The number of hydrogen-bond donors (Lipinski definition) is 2. The van der Waals surface area contributed by atoms with Crippen molar-refractivity contribution < 1.29 is 14.7 Å². The smallest absolute Gasteiger partial charge is 0.407 e. The van der Waals surface area contributed by atoms with E-state index in [-0.39, 0.29) is 12.5 Å². The van der Waals surface area contributed by atoms with Crippen molar-refractivity contribution in [1.82, 2.24) is 9.80 Å². The average Bonchev–Trinajstić information content (AvgIpc) is 2.63. The van der Waals surface area contributed by atoms with Gasteiger partial charge in [0.1, 0.15) is 0 Å². The van der Waals surface area contributed by atoms with E-state index in [9.17, 15) is 9.59 Å². The second kappa shape index (κ2) is 5.72. The Balaban J connectivity index is 2.62. The maximum Gasteiger partial charge on any atom is 0.407 e. The molecule has 0 atom stereocenters. The van der Waals surface area contributed by atoms with Gasteiger partial charge in [0.2, 0.25) is 0 Å². The van der Waals surface area contributed by atoms with Crippen LogP contribution in [0.25, 0.3) is 0 Å². The molecule has 6 nitrogen and oxygen atoms in total. The van der Waals surface area contributed by atoms with Crippen molar-refractivity contribution in [2.24, 2.45) is 0 Å². The molecule has 0 unspecified atom stereocenters. The van der Waals surface area contributed by atoms with Gasteiger partial charge in [-0.25, -0.2) is 4.79 Å². The van der Waals surface area contributed by atoms with E-state index in [2.05, 4.69) is 0 Å². The fourth-order valence-electron chi connectivity index (χ4n) is 1.39. The van der Waals surface area contributed by atoms with Gasteiger partial charge < -0.3 is 20.6 Å². The first-order valence-corrected chi connectivity index (χ1v) is 6.20. The number of nitrogens with zero attached hydrogens (tertiary/aromatic N) is 2. The molecule has 0 bridgehead atoms. The predicted octanol–water partition coefficient (Wildman–Crippen LogP) is 1.32. The number of nitrogen functional groups attached to an aromatic ring is 1. The van der Waals surface area contributed by atoms with Gasteiger partial charge in [0.05, 0.1) is 9.88 Å². The highest BCUT2D eigenvalue weighted by Gasteiger charge is 2.17. The second-order valence-corrected chi connectivity index (χ2v) is 5.18. The molecular formula is C11H17N3O3S. The van der Waals surface area contributed by atoms with Crippen LogP contribution in [-0.2, 0) is 0 Å². The molecule has 7 heteroatoms. The van der Waals surface area contributed by atoms with Crippen LogP contribution in [0.4, 0.5) is 9.80 Å². The lowest BCUT2D eigenvalue weighted by Crippen LogP contribution is -2.36. The van der Waals surface area contributed by atoms with Crippen LogP contribution < -0.4 is 5.73 Å². The summed E-state index contributed by atoms with van der Waals surface area (Å²) in [5, 5.41) is 9.31. The van der Waals surface area contributed by atoms with Crippen LogP contribution in [0.1, 0.15) is 15.2 Å². The number of nitrogens with two attached hydrogens (primary N) is 1. The Morgan fingerprint density at radius 1 is 1.33 bits per heavy atom. The fourth-order valence-corrected chi connectivity index (χ4v) is 2.32. The van der Waals surface area contributed by atoms with Gasteiger partial charge >= 0.3 is 6.09 Å². The Hall–Kier alpha value is -1.76. The van der Waals surface area contributed by atoms with Crippen LogP contribution in [0.2, 0.25) is 0 Å². The summed E-state index contributed by atoms with van der Waals surface area (Å²) >= 11 is 1.25.